The van der Waals surface area contributed by atoms with E-state index in [4.69, 9.17) is 4.74 Å². The fourth-order valence-corrected chi connectivity index (χ4v) is 2.02. The van der Waals surface area contributed by atoms with Crippen LogP contribution in [0.5, 0.6) is 0 Å². The normalized spacial score (nSPS) is 10.4. The number of carbonyl (C=O) groups excluding carboxylic acids is 1. The SMILES string of the molecule is CCOC(=O)Cc1c(Cc2ccccc2)ncn1C. The molecule has 2 aromatic rings. The molecule has 0 saturated carbocycles. The first-order valence-electron chi connectivity index (χ1n) is 6.39. The average Bonchev–Trinajstić information content (AvgIpc) is 2.73. The molecule has 19 heavy (non-hydrogen) atoms. The van der Waals surface area contributed by atoms with Gasteiger partial charge in [0.15, 0.2) is 0 Å². The Morgan fingerprint density at radius 1 is 1.32 bits per heavy atom. The molecule has 0 aliphatic heterocycles. The fraction of sp³-hybridized carbons (Fsp3) is 0.333. The number of nitrogens with zero attached hydrogens (tertiary/aromatic N) is 2. The van der Waals surface area contributed by atoms with Crippen LogP contribution < -0.4 is 0 Å². The van der Waals surface area contributed by atoms with Crippen LogP contribution >= 0.6 is 0 Å². The maximum Gasteiger partial charge on any atom is 0.311 e. The van der Waals surface area contributed by atoms with Crippen LogP contribution in [0.25, 0.3) is 0 Å². The second-order valence-corrected chi connectivity index (χ2v) is 4.39. The van der Waals surface area contributed by atoms with Crippen molar-refractivity contribution in [1.82, 2.24) is 9.55 Å². The smallest absolute Gasteiger partial charge is 0.311 e. The summed E-state index contributed by atoms with van der Waals surface area (Å²) in [4.78, 5) is 16.0. The summed E-state index contributed by atoms with van der Waals surface area (Å²) in [7, 11) is 1.90. The standard InChI is InChI=1S/C15H18N2O2/c1-3-19-15(18)10-14-13(16-11-17(14)2)9-12-7-5-4-6-8-12/h4-8,11H,3,9-10H2,1-2H3. The van der Waals surface area contributed by atoms with Gasteiger partial charge in [-0.25, -0.2) is 4.98 Å². The molecule has 0 spiro atoms. The Balaban J connectivity index is 2.15. The van der Waals surface area contributed by atoms with E-state index in [0.29, 0.717) is 6.61 Å². The Morgan fingerprint density at radius 3 is 2.74 bits per heavy atom. The van der Waals surface area contributed by atoms with Gasteiger partial charge in [0, 0.05) is 13.5 Å². The monoisotopic (exact) mass is 258 g/mol. The summed E-state index contributed by atoms with van der Waals surface area (Å²) in [6.45, 7) is 2.22. The van der Waals surface area contributed by atoms with Gasteiger partial charge in [0.05, 0.1) is 30.7 Å². The lowest BCUT2D eigenvalue weighted by molar-refractivity contribution is -0.142. The molecule has 4 heteroatoms. The van der Waals surface area contributed by atoms with Crippen molar-refractivity contribution >= 4 is 5.97 Å². The summed E-state index contributed by atoms with van der Waals surface area (Å²) in [5, 5.41) is 0. The largest absolute Gasteiger partial charge is 0.466 e. The van der Waals surface area contributed by atoms with Crippen LogP contribution in [0.1, 0.15) is 23.9 Å². The first kappa shape index (κ1) is 13.3. The van der Waals surface area contributed by atoms with E-state index in [0.717, 1.165) is 17.8 Å². The third kappa shape index (κ3) is 3.44. The molecule has 0 aliphatic carbocycles. The highest BCUT2D eigenvalue weighted by Gasteiger charge is 2.14. The zero-order valence-electron chi connectivity index (χ0n) is 11.3. The molecule has 1 heterocycles. The van der Waals surface area contributed by atoms with E-state index in [2.05, 4.69) is 17.1 Å². The van der Waals surface area contributed by atoms with Crippen molar-refractivity contribution in [2.24, 2.45) is 7.05 Å². The van der Waals surface area contributed by atoms with Gasteiger partial charge in [-0.05, 0) is 12.5 Å². The number of esters is 1. The summed E-state index contributed by atoms with van der Waals surface area (Å²) in [5.41, 5.74) is 3.04. The quantitative estimate of drug-likeness (QED) is 0.772. The highest BCUT2D eigenvalue weighted by Crippen LogP contribution is 2.13. The van der Waals surface area contributed by atoms with Gasteiger partial charge >= 0.3 is 5.97 Å². The molecule has 0 fully saturated rings. The summed E-state index contributed by atoms with van der Waals surface area (Å²) >= 11 is 0. The topological polar surface area (TPSA) is 44.1 Å². The van der Waals surface area contributed by atoms with E-state index in [1.165, 1.54) is 5.56 Å². The number of rotatable bonds is 5. The molecule has 0 unspecified atom stereocenters. The minimum atomic E-state index is -0.208. The van der Waals surface area contributed by atoms with E-state index in [9.17, 15) is 4.79 Å². The zero-order chi connectivity index (χ0) is 13.7. The Kier molecular flexibility index (Phi) is 4.34. The number of aryl methyl sites for hydroxylation is 1. The van der Waals surface area contributed by atoms with Crippen LogP contribution in [0, 0.1) is 0 Å². The first-order chi connectivity index (χ1) is 9.20. The number of hydrogen-bond acceptors (Lipinski definition) is 3. The van der Waals surface area contributed by atoms with Crippen molar-refractivity contribution in [3.8, 4) is 0 Å². The number of ether oxygens (including phenoxy) is 1. The van der Waals surface area contributed by atoms with E-state index in [-0.39, 0.29) is 12.4 Å². The highest BCUT2D eigenvalue weighted by molar-refractivity contribution is 5.72. The second-order valence-electron chi connectivity index (χ2n) is 4.39. The molecule has 1 aromatic carbocycles. The van der Waals surface area contributed by atoms with Gasteiger partial charge in [-0.1, -0.05) is 30.3 Å². The zero-order valence-corrected chi connectivity index (χ0v) is 11.3. The maximum atomic E-state index is 11.6. The summed E-state index contributed by atoms with van der Waals surface area (Å²) in [6.07, 6.45) is 2.75. The minimum absolute atomic E-state index is 0.208. The van der Waals surface area contributed by atoms with Crippen molar-refractivity contribution < 1.29 is 9.53 Å². The molecule has 0 amide bonds. The van der Waals surface area contributed by atoms with Crippen LogP contribution in [0.15, 0.2) is 36.7 Å². The molecule has 0 radical (unpaired) electrons. The van der Waals surface area contributed by atoms with Crippen LogP contribution in [0.4, 0.5) is 0 Å². The van der Waals surface area contributed by atoms with Crippen molar-refractivity contribution in [3.05, 3.63) is 53.6 Å². The second kappa shape index (κ2) is 6.18. The molecule has 1 aromatic heterocycles. The van der Waals surface area contributed by atoms with E-state index < -0.39 is 0 Å². The van der Waals surface area contributed by atoms with E-state index >= 15 is 0 Å². The lowest BCUT2D eigenvalue weighted by Crippen LogP contribution is -2.12. The lowest BCUT2D eigenvalue weighted by atomic mass is 10.1. The maximum absolute atomic E-state index is 11.6. The molecule has 4 nitrogen and oxygen atoms in total. The van der Waals surface area contributed by atoms with Gasteiger partial charge in [-0.3, -0.25) is 4.79 Å². The summed E-state index contributed by atoms with van der Waals surface area (Å²) < 4.78 is 6.88. The number of benzene rings is 1. The molecule has 0 aliphatic rings. The summed E-state index contributed by atoms with van der Waals surface area (Å²) in [5.74, 6) is -0.208. The molecule has 0 N–H and O–H groups in total. The third-order valence-corrected chi connectivity index (χ3v) is 2.98. The predicted octanol–water partition coefficient (Wildman–Crippen LogP) is 2.12. The van der Waals surface area contributed by atoms with E-state index in [1.807, 2.05) is 36.7 Å². The van der Waals surface area contributed by atoms with Crippen molar-refractivity contribution in [1.29, 1.82) is 0 Å². The van der Waals surface area contributed by atoms with Gasteiger partial charge in [0.25, 0.3) is 0 Å². The Bertz CT molecular complexity index is 547. The molecule has 0 atom stereocenters. The van der Waals surface area contributed by atoms with Gasteiger partial charge in [-0.2, -0.15) is 0 Å². The highest BCUT2D eigenvalue weighted by atomic mass is 16.5. The van der Waals surface area contributed by atoms with Crippen molar-refractivity contribution in [3.63, 3.8) is 0 Å². The molecule has 0 saturated heterocycles. The average molecular weight is 258 g/mol. The van der Waals surface area contributed by atoms with Crippen molar-refractivity contribution in [2.75, 3.05) is 6.61 Å². The molecule has 100 valence electrons. The number of carbonyl (C=O) groups is 1. The predicted molar refractivity (Wildman–Crippen MR) is 72.8 cm³/mol. The Morgan fingerprint density at radius 2 is 2.05 bits per heavy atom. The minimum Gasteiger partial charge on any atom is -0.466 e. The fourth-order valence-electron chi connectivity index (χ4n) is 2.02. The molecule has 0 bridgehead atoms. The van der Waals surface area contributed by atoms with Crippen LogP contribution in [-0.4, -0.2) is 22.1 Å². The van der Waals surface area contributed by atoms with Gasteiger partial charge in [0.1, 0.15) is 0 Å². The lowest BCUT2D eigenvalue weighted by Gasteiger charge is -2.06. The number of hydrogen-bond donors (Lipinski definition) is 0. The molecular weight excluding hydrogens is 240 g/mol. The van der Waals surface area contributed by atoms with Crippen LogP contribution in [-0.2, 0) is 29.4 Å². The third-order valence-electron chi connectivity index (χ3n) is 2.98. The van der Waals surface area contributed by atoms with Gasteiger partial charge in [0.2, 0.25) is 0 Å². The Labute approximate surface area is 113 Å². The molecule has 2 rings (SSSR count). The Hall–Kier alpha value is -2.10. The summed E-state index contributed by atoms with van der Waals surface area (Å²) in [6, 6.07) is 10.1. The van der Waals surface area contributed by atoms with E-state index in [1.54, 1.807) is 6.33 Å². The first-order valence-corrected chi connectivity index (χ1v) is 6.39. The van der Waals surface area contributed by atoms with Crippen LogP contribution in [0.2, 0.25) is 0 Å². The van der Waals surface area contributed by atoms with Gasteiger partial charge in [-0.15, -0.1) is 0 Å². The number of aromatic nitrogens is 2. The molecular formula is C15H18N2O2. The van der Waals surface area contributed by atoms with Crippen LogP contribution in [0.3, 0.4) is 0 Å². The van der Waals surface area contributed by atoms with Gasteiger partial charge < -0.3 is 9.30 Å². The van der Waals surface area contributed by atoms with Crippen molar-refractivity contribution in [2.45, 2.75) is 19.8 Å². The number of imidazole rings is 1.